The van der Waals surface area contributed by atoms with E-state index in [0.29, 0.717) is 5.13 Å². The second kappa shape index (κ2) is 6.97. The first-order valence-corrected chi connectivity index (χ1v) is 8.43. The minimum absolute atomic E-state index is 0.248. The van der Waals surface area contributed by atoms with Crippen molar-refractivity contribution in [2.75, 3.05) is 5.43 Å². The van der Waals surface area contributed by atoms with E-state index in [1.165, 1.54) is 23.5 Å². The second-order valence-corrected chi connectivity index (χ2v) is 6.46. The van der Waals surface area contributed by atoms with E-state index in [1.54, 1.807) is 12.3 Å². The van der Waals surface area contributed by atoms with Crippen LogP contribution in [0.25, 0.3) is 11.3 Å². The molecule has 0 atom stereocenters. The van der Waals surface area contributed by atoms with Crippen LogP contribution in [0.2, 0.25) is 0 Å². The highest BCUT2D eigenvalue weighted by Crippen LogP contribution is 2.24. The van der Waals surface area contributed by atoms with Crippen molar-refractivity contribution in [2.24, 2.45) is 5.10 Å². The molecule has 0 aliphatic carbocycles. The van der Waals surface area contributed by atoms with Gasteiger partial charge in [-0.2, -0.15) is 5.10 Å². The van der Waals surface area contributed by atoms with E-state index in [0.717, 1.165) is 20.4 Å². The van der Waals surface area contributed by atoms with Crippen LogP contribution in [0.4, 0.5) is 9.52 Å². The van der Waals surface area contributed by atoms with Crippen molar-refractivity contribution < 1.29 is 4.39 Å². The minimum Gasteiger partial charge on any atom is -0.253 e. The summed E-state index contributed by atoms with van der Waals surface area (Å²) >= 11 is 3.57. The molecule has 0 bridgehead atoms. The third kappa shape index (κ3) is 3.69. The molecular weight excluding hydrogens is 412 g/mol. The zero-order valence-corrected chi connectivity index (χ0v) is 14.3. The number of aromatic nitrogens is 1. The zero-order valence-electron chi connectivity index (χ0n) is 11.3. The summed E-state index contributed by atoms with van der Waals surface area (Å²) in [5.41, 5.74) is 5.75. The summed E-state index contributed by atoms with van der Waals surface area (Å²) in [4.78, 5) is 4.48. The molecule has 1 heterocycles. The van der Waals surface area contributed by atoms with E-state index >= 15 is 0 Å². The molecule has 3 nitrogen and oxygen atoms in total. The van der Waals surface area contributed by atoms with Crippen LogP contribution < -0.4 is 5.43 Å². The Labute approximate surface area is 145 Å². The van der Waals surface area contributed by atoms with Crippen LogP contribution >= 0.6 is 33.9 Å². The molecule has 0 aliphatic heterocycles. The Bertz CT molecular complexity index is 802. The Hall–Kier alpha value is -1.80. The molecule has 0 aliphatic rings. The van der Waals surface area contributed by atoms with Gasteiger partial charge >= 0.3 is 0 Å². The highest BCUT2D eigenvalue weighted by molar-refractivity contribution is 14.1. The van der Waals surface area contributed by atoms with Gasteiger partial charge in [0.15, 0.2) is 0 Å². The summed E-state index contributed by atoms with van der Waals surface area (Å²) in [6.07, 6.45) is 1.66. The number of halogens is 2. The van der Waals surface area contributed by atoms with E-state index in [-0.39, 0.29) is 5.82 Å². The fourth-order valence-electron chi connectivity index (χ4n) is 1.83. The highest BCUT2D eigenvalue weighted by Gasteiger charge is 2.03. The van der Waals surface area contributed by atoms with Gasteiger partial charge in [-0.3, -0.25) is 5.43 Å². The summed E-state index contributed by atoms with van der Waals surface area (Å²) in [5.74, 6) is -0.248. The lowest BCUT2D eigenvalue weighted by Crippen LogP contribution is -1.93. The number of nitrogens with zero attached hydrogens (tertiary/aromatic N) is 2. The molecule has 6 heteroatoms. The van der Waals surface area contributed by atoms with Gasteiger partial charge in [0.05, 0.1) is 11.9 Å². The van der Waals surface area contributed by atoms with Crippen LogP contribution in [-0.2, 0) is 0 Å². The van der Waals surface area contributed by atoms with Crippen molar-refractivity contribution in [1.29, 1.82) is 0 Å². The van der Waals surface area contributed by atoms with Crippen molar-refractivity contribution in [2.45, 2.75) is 0 Å². The van der Waals surface area contributed by atoms with Crippen molar-refractivity contribution in [3.05, 3.63) is 68.9 Å². The van der Waals surface area contributed by atoms with Gasteiger partial charge in [-0.25, -0.2) is 9.37 Å². The molecule has 1 aromatic heterocycles. The summed E-state index contributed by atoms with van der Waals surface area (Å²) in [6, 6.07) is 14.6. The van der Waals surface area contributed by atoms with Crippen LogP contribution in [0, 0.1) is 9.39 Å². The minimum atomic E-state index is -0.248. The lowest BCUT2D eigenvalue weighted by Gasteiger charge is -1.98. The lowest BCUT2D eigenvalue weighted by atomic mass is 10.2. The quantitative estimate of drug-likeness (QED) is 0.364. The maximum atomic E-state index is 13.0. The molecule has 3 rings (SSSR count). The number of benzene rings is 2. The lowest BCUT2D eigenvalue weighted by molar-refractivity contribution is 0.627. The van der Waals surface area contributed by atoms with E-state index < -0.39 is 0 Å². The fourth-order valence-corrected chi connectivity index (χ4v) is 3.11. The average Bonchev–Trinajstić information content (AvgIpc) is 2.99. The van der Waals surface area contributed by atoms with Crippen molar-refractivity contribution in [3.63, 3.8) is 0 Å². The summed E-state index contributed by atoms with van der Waals surface area (Å²) in [7, 11) is 0. The second-order valence-electron chi connectivity index (χ2n) is 4.44. The number of hydrogen-bond acceptors (Lipinski definition) is 4. The summed E-state index contributed by atoms with van der Waals surface area (Å²) in [6.45, 7) is 0. The van der Waals surface area contributed by atoms with Gasteiger partial charge in [0.2, 0.25) is 5.13 Å². The molecular formula is C16H11FIN3S. The molecule has 0 fully saturated rings. The van der Waals surface area contributed by atoms with Crippen LogP contribution in [0.1, 0.15) is 5.56 Å². The number of nitrogens with one attached hydrogen (secondary N) is 1. The van der Waals surface area contributed by atoms with E-state index in [1.807, 2.05) is 35.7 Å². The van der Waals surface area contributed by atoms with Crippen molar-refractivity contribution in [3.8, 4) is 11.3 Å². The van der Waals surface area contributed by atoms with Gasteiger partial charge in [-0.15, -0.1) is 11.3 Å². The monoisotopic (exact) mass is 423 g/mol. The average molecular weight is 423 g/mol. The standard InChI is InChI=1S/C16H11FIN3S/c17-13-7-6-12(14(18)8-13)9-19-21-16-20-15(10-22-16)11-4-2-1-3-5-11/h1-10H,(H,20,21). The maximum absolute atomic E-state index is 13.0. The Balaban J connectivity index is 1.69. The molecule has 0 spiro atoms. The van der Waals surface area contributed by atoms with Gasteiger partial charge in [0, 0.05) is 20.1 Å². The molecule has 110 valence electrons. The Morgan fingerprint density at radius 1 is 1.18 bits per heavy atom. The van der Waals surface area contributed by atoms with Gasteiger partial charge in [0.1, 0.15) is 5.82 Å². The summed E-state index contributed by atoms with van der Waals surface area (Å²) in [5, 5.41) is 6.85. The van der Waals surface area contributed by atoms with Crippen molar-refractivity contribution in [1.82, 2.24) is 4.98 Å². The predicted octanol–water partition coefficient (Wildman–Crippen LogP) is 5.00. The Morgan fingerprint density at radius 3 is 2.77 bits per heavy atom. The highest BCUT2D eigenvalue weighted by atomic mass is 127. The topological polar surface area (TPSA) is 37.3 Å². The van der Waals surface area contributed by atoms with E-state index in [4.69, 9.17) is 0 Å². The molecule has 0 amide bonds. The van der Waals surface area contributed by atoms with Crippen LogP contribution in [0.3, 0.4) is 0 Å². The summed E-state index contributed by atoms with van der Waals surface area (Å²) < 4.78 is 13.8. The van der Waals surface area contributed by atoms with Crippen LogP contribution in [-0.4, -0.2) is 11.2 Å². The molecule has 22 heavy (non-hydrogen) atoms. The third-order valence-corrected chi connectivity index (χ3v) is 4.58. The molecule has 0 unspecified atom stereocenters. The van der Waals surface area contributed by atoms with E-state index in [9.17, 15) is 4.39 Å². The van der Waals surface area contributed by atoms with Gasteiger partial charge < -0.3 is 0 Å². The molecule has 3 aromatic rings. The molecule has 0 saturated heterocycles. The smallest absolute Gasteiger partial charge is 0.203 e. The first-order valence-electron chi connectivity index (χ1n) is 6.47. The predicted molar refractivity (Wildman–Crippen MR) is 97.9 cm³/mol. The SMILES string of the molecule is Fc1ccc(C=NNc2nc(-c3ccccc3)cs2)c(I)c1. The van der Waals surface area contributed by atoms with Crippen LogP contribution in [0.15, 0.2) is 59.0 Å². The van der Waals surface area contributed by atoms with Gasteiger partial charge in [-0.1, -0.05) is 30.3 Å². The van der Waals surface area contributed by atoms with Gasteiger partial charge in [-0.05, 0) is 40.8 Å². The van der Waals surface area contributed by atoms with Crippen molar-refractivity contribution >= 4 is 45.3 Å². The Morgan fingerprint density at radius 2 is 2.00 bits per heavy atom. The first kappa shape index (κ1) is 15.1. The normalized spacial score (nSPS) is 11.0. The molecule has 2 aromatic carbocycles. The number of rotatable bonds is 4. The largest absolute Gasteiger partial charge is 0.253 e. The zero-order chi connectivity index (χ0) is 15.4. The number of anilines is 1. The molecule has 1 N–H and O–H groups in total. The fraction of sp³-hybridized carbons (Fsp3) is 0. The van der Waals surface area contributed by atoms with E-state index in [2.05, 4.69) is 38.1 Å². The third-order valence-electron chi connectivity index (χ3n) is 2.90. The molecule has 0 radical (unpaired) electrons. The maximum Gasteiger partial charge on any atom is 0.203 e. The first-order chi connectivity index (χ1) is 10.7. The number of hydrogen-bond donors (Lipinski definition) is 1. The Kier molecular flexibility index (Phi) is 4.79. The number of hydrazone groups is 1. The van der Waals surface area contributed by atoms with Crippen LogP contribution in [0.5, 0.6) is 0 Å². The number of thiazole rings is 1. The van der Waals surface area contributed by atoms with Gasteiger partial charge in [0.25, 0.3) is 0 Å². The molecule has 0 saturated carbocycles.